The number of H-pyrrole nitrogens is 1. The Bertz CT molecular complexity index is 408. The molecule has 0 atom stereocenters. The molecule has 0 aliphatic carbocycles. The maximum absolute atomic E-state index is 6.01. The number of hydrogen-bond donors (Lipinski definition) is 1. The number of aryl methyl sites for hydroxylation is 1. The summed E-state index contributed by atoms with van der Waals surface area (Å²) in [5, 5.41) is 7.52. The molecule has 13 heavy (non-hydrogen) atoms. The lowest BCUT2D eigenvalue weighted by atomic mass is 10.2. The van der Waals surface area contributed by atoms with Crippen LogP contribution in [0.4, 0.5) is 0 Å². The van der Waals surface area contributed by atoms with E-state index in [1.54, 1.807) is 6.20 Å². The predicted molar refractivity (Wildman–Crippen MR) is 51.6 cm³/mol. The molecule has 1 N–H and O–H groups in total. The van der Waals surface area contributed by atoms with Crippen LogP contribution in [0, 0.1) is 6.92 Å². The standard InChI is InChI=1S/C9H8ClN3/c1-6-8(10)9(13-12-6)7-4-2-3-5-11-7/h2-5H,1H3,(H,12,13). The van der Waals surface area contributed by atoms with Crippen LogP contribution >= 0.6 is 11.6 Å². The minimum Gasteiger partial charge on any atom is -0.281 e. The molecule has 0 saturated heterocycles. The Morgan fingerprint density at radius 2 is 2.23 bits per heavy atom. The Morgan fingerprint density at radius 1 is 1.38 bits per heavy atom. The van der Waals surface area contributed by atoms with Crippen LogP contribution in [0.5, 0.6) is 0 Å². The number of rotatable bonds is 1. The molecular formula is C9H8ClN3. The number of aromatic nitrogens is 3. The van der Waals surface area contributed by atoms with Gasteiger partial charge in [0, 0.05) is 6.20 Å². The lowest BCUT2D eigenvalue weighted by molar-refractivity contribution is 1.04. The van der Waals surface area contributed by atoms with Gasteiger partial charge in [0.25, 0.3) is 0 Å². The van der Waals surface area contributed by atoms with Crippen LogP contribution in [-0.4, -0.2) is 15.2 Å². The maximum atomic E-state index is 6.01. The van der Waals surface area contributed by atoms with Crippen molar-refractivity contribution in [2.24, 2.45) is 0 Å². The average molecular weight is 194 g/mol. The fourth-order valence-corrected chi connectivity index (χ4v) is 1.27. The van der Waals surface area contributed by atoms with E-state index in [0.717, 1.165) is 11.4 Å². The number of aromatic amines is 1. The Balaban J connectivity index is 2.53. The molecule has 0 saturated carbocycles. The SMILES string of the molecule is Cc1[nH]nc(-c2ccccn2)c1Cl. The molecule has 0 radical (unpaired) electrons. The summed E-state index contributed by atoms with van der Waals surface area (Å²) in [5.41, 5.74) is 2.36. The van der Waals surface area contributed by atoms with E-state index >= 15 is 0 Å². The van der Waals surface area contributed by atoms with Crippen molar-refractivity contribution >= 4 is 11.6 Å². The zero-order valence-corrected chi connectivity index (χ0v) is 7.84. The molecule has 0 bridgehead atoms. The summed E-state index contributed by atoms with van der Waals surface area (Å²) in [7, 11) is 0. The second-order valence-electron chi connectivity index (χ2n) is 2.73. The minimum absolute atomic E-state index is 0.638. The molecule has 2 aromatic rings. The zero-order valence-electron chi connectivity index (χ0n) is 7.08. The molecule has 2 heterocycles. The predicted octanol–water partition coefficient (Wildman–Crippen LogP) is 2.43. The van der Waals surface area contributed by atoms with Crippen LogP contribution in [-0.2, 0) is 0 Å². The van der Waals surface area contributed by atoms with Crippen molar-refractivity contribution in [3.8, 4) is 11.4 Å². The first-order chi connectivity index (χ1) is 6.29. The van der Waals surface area contributed by atoms with Gasteiger partial charge in [-0.15, -0.1) is 0 Å². The zero-order chi connectivity index (χ0) is 9.26. The normalized spacial score (nSPS) is 10.3. The summed E-state index contributed by atoms with van der Waals surface area (Å²) in [6.07, 6.45) is 1.72. The molecule has 3 nitrogen and oxygen atoms in total. The van der Waals surface area contributed by atoms with E-state index < -0.39 is 0 Å². The fourth-order valence-electron chi connectivity index (χ4n) is 1.09. The van der Waals surface area contributed by atoms with Crippen LogP contribution in [0.3, 0.4) is 0 Å². The van der Waals surface area contributed by atoms with Crippen LogP contribution in [0.25, 0.3) is 11.4 Å². The number of nitrogens with one attached hydrogen (secondary N) is 1. The van der Waals surface area contributed by atoms with Gasteiger partial charge < -0.3 is 0 Å². The van der Waals surface area contributed by atoms with Gasteiger partial charge in [-0.2, -0.15) is 5.10 Å². The van der Waals surface area contributed by atoms with Crippen LogP contribution < -0.4 is 0 Å². The van der Waals surface area contributed by atoms with Crippen molar-refractivity contribution in [1.29, 1.82) is 0 Å². The molecule has 2 rings (SSSR count). The molecule has 0 amide bonds. The lowest BCUT2D eigenvalue weighted by Crippen LogP contribution is -1.82. The van der Waals surface area contributed by atoms with Gasteiger partial charge >= 0.3 is 0 Å². The Hall–Kier alpha value is -1.35. The number of halogens is 1. The van der Waals surface area contributed by atoms with E-state index in [0.29, 0.717) is 10.7 Å². The van der Waals surface area contributed by atoms with Gasteiger partial charge in [0.15, 0.2) is 0 Å². The average Bonchev–Trinajstić information content (AvgIpc) is 2.49. The summed E-state index contributed by atoms with van der Waals surface area (Å²) < 4.78 is 0. The van der Waals surface area contributed by atoms with Gasteiger partial charge in [0.05, 0.1) is 16.4 Å². The quantitative estimate of drug-likeness (QED) is 0.756. The third-order valence-electron chi connectivity index (χ3n) is 1.78. The molecule has 4 heteroatoms. The number of nitrogens with zero attached hydrogens (tertiary/aromatic N) is 2. The number of hydrogen-bond acceptors (Lipinski definition) is 2. The highest BCUT2D eigenvalue weighted by molar-refractivity contribution is 6.33. The third kappa shape index (κ3) is 1.42. The summed E-state index contributed by atoms with van der Waals surface area (Å²) in [6.45, 7) is 1.88. The molecule has 0 aliphatic rings. The first kappa shape index (κ1) is 8.26. The van der Waals surface area contributed by atoms with E-state index in [-0.39, 0.29) is 0 Å². The van der Waals surface area contributed by atoms with Crippen LogP contribution in [0.15, 0.2) is 24.4 Å². The molecule has 0 aromatic carbocycles. The third-order valence-corrected chi connectivity index (χ3v) is 2.24. The molecule has 0 unspecified atom stereocenters. The van der Waals surface area contributed by atoms with Crippen molar-refractivity contribution in [3.05, 3.63) is 35.1 Å². The molecule has 0 spiro atoms. The number of pyridine rings is 1. The summed E-state index contributed by atoms with van der Waals surface area (Å²) in [6, 6.07) is 5.64. The highest BCUT2D eigenvalue weighted by Gasteiger charge is 2.09. The van der Waals surface area contributed by atoms with E-state index in [1.165, 1.54) is 0 Å². The van der Waals surface area contributed by atoms with Crippen LogP contribution in [0.1, 0.15) is 5.69 Å². The van der Waals surface area contributed by atoms with Crippen molar-refractivity contribution in [1.82, 2.24) is 15.2 Å². The monoisotopic (exact) mass is 193 g/mol. The van der Waals surface area contributed by atoms with Gasteiger partial charge in [0.1, 0.15) is 5.69 Å². The second-order valence-corrected chi connectivity index (χ2v) is 3.10. The van der Waals surface area contributed by atoms with E-state index in [2.05, 4.69) is 15.2 Å². The van der Waals surface area contributed by atoms with Crippen molar-refractivity contribution in [2.45, 2.75) is 6.92 Å². The lowest BCUT2D eigenvalue weighted by Gasteiger charge is -1.94. The highest BCUT2D eigenvalue weighted by atomic mass is 35.5. The van der Waals surface area contributed by atoms with Crippen LogP contribution in [0.2, 0.25) is 5.02 Å². The second kappa shape index (κ2) is 3.18. The smallest absolute Gasteiger partial charge is 0.129 e. The summed E-state index contributed by atoms with van der Waals surface area (Å²) >= 11 is 6.01. The molecule has 0 fully saturated rings. The van der Waals surface area contributed by atoms with Crippen molar-refractivity contribution in [2.75, 3.05) is 0 Å². The Morgan fingerprint density at radius 3 is 2.77 bits per heavy atom. The Labute approximate surface area is 80.8 Å². The molecule has 0 aliphatic heterocycles. The van der Waals surface area contributed by atoms with Gasteiger partial charge in [-0.1, -0.05) is 17.7 Å². The first-order valence-corrected chi connectivity index (χ1v) is 4.28. The highest BCUT2D eigenvalue weighted by Crippen LogP contribution is 2.25. The van der Waals surface area contributed by atoms with E-state index in [1.807, 2.05) is 25.1 Å². The van der Waals surface area contributed by atoms with Gasteiger partial charge in [-0.05, 0) is 19.1 Å². The Kier molecular flexibility index (Phi) is 2.02. The van der Waals surface area contributed by atoms with Gasteiger partial charge in [-0.3, -0.25) is 10.1 Å². The summed E-state index contributed by atoms with van der Waals surface area (Å²) in [5.74, 6) is 0. The van der Waals surface area contributed by atoms with E-state index in [9.17, 15) is 0 Å². The molecule has 66 valence electrons. The first-order valence-electron chi connectivity index (χ1n) is 3.91. The van der Waals surface area contributed by atoms with E-state index in [4.69, 9.17) is 11.6 Å². The largest absolute Gasteiger partial charge is 0.281 e. The van der Waals surface area contributed by atoms with Crippen molar-refractivity contribution in [3.63, 3.8) is 0 Å². The maximum Gasteiger partial charge on any atom is 0.129 e. The molecular weight excluding hydrogens is 186 g/mol. The summed E-state index contributed by atoms with van der Waals surface area (Å²) in [4.78, 5) is 4.16. The van der Waals surface area contributed by atoms with Gasteiger partial charge in [-0.25, -0.2) is 0 Å². The topological polar surface area (TPSA) is 41.6 Å². The minimum atomic E-state index is 0.638. The van der Waals surface area contributed by atoms with Crippen molar-refractivity contribution < 1.29 is 0 Å². The van der Waals surface area contributed by atoms with Gasteiger partial charge in [0.2, 0.25) is 0 Å². The molecule has 2 aromatic heterocycles. The fraction of sp³-hybridized carbons (Fsp3) is 0.111.